The van der Waals surface area contributed by atoms with Crippen LogP contribution in [-0.4, -0.2) is 40.1 Å². The molecule has 1 heterocycles. The van der Waals surface area contributed by atoms with Gasteiger partial charge in [-0.1, -0.05) is 18.2 Å². The van der Waals surface area contributed by atoms with E-state index in [2.05, 4.69) is 9.62 Å². The number of rotatable bonds is 7. The first-order valence-electron chi connectivity index (χ1n) is 8.92. The van der Waals surface area contributed by atoms with Crippen LogP contribution in [-0.2, 0) is 10.0 Å². The van der Waals surface area contributed by atoms with E-state index in [1.165, 1.54) is 24.3 Å². The highest BCUT2D eigenvalue weighted by Crippen LogP contribution is 2.31. The third-order valence-corrected chi connectivity index (χ3v) is 6.28. The van der Waals surface area contributed by atoms with Crippen LogP contribution >= 0.6 is 0 Å². The first-order chi connectivity index (χ1) is 13.0. The predicted molar refractivity (Wildman–Crippen MR) is 103 cm³/mol. The van der Waals surface area contributed by atoms with Gasteiger partial charge in [0.2, 0.25) is 10.0 Å². The third kappa shape index (κ3) is 4.48. The van der Waals surface area contributed by atoms with Crippen LogP contribution in [0, 0.1) is 11.3 Å². The summed E-state index contributed by atoms with van der Waals surface area (Å²) < 4.78 is 33.6. The van der Waals surface area contributed by atoms with Gasteiger partial charge in [0.15, 0.2) is 0 Å². The molecule has 1 aliphatic heterocycles. The molecule has 0 radical (unpaired) electrons. The van der Waals surface area contributed by atoms with Gasteiger partial charge in [0.05, 0.1) is 29.7 Å². The van der Waals surface area contributed by atoms with Crippen molar-refractivity contribution in [3.05, 3.63) is 59.7 Å². The Hall–Kier alpha value is -2.40. The molecule has 142 valence electrons. The number of benzene rings is 2. The Labute approximate surface area is 160 Å². The lowest BCUT2D eigenvalue weighted by molar-refractivity contribution is 0.240. The van der Waals surface area contributed by atoms with Gasteiger partial charge in [-0.25, -0.2) is 13.1 Å². The van der Waals surface area contributed by atoms with Gasteiger partial charge in [0.1, 0.15) is 5.75 Å². The van der Waals surface area contributed by atoms with Crippen LogP contribution in [0.1, 0.15) is 30.0 Å². The smallest absolute Gasteiger partial charge is 0.240 e. The van der Waals surface area contributed by atoms with Crippen molar-refractivity contribution in [1.29, 1.82) is 5.26 Å². The van der Waals surface area contributed by atoms with Gasteiger partial charge in [0.25, 0.3) is 0 Å². The van der Waals surface area contributed by atoms with Crippen LogP contribution in [0.4, 0.5) is 0 Å². The summed E-state index contributed by atoms with van der Waals surface area (Å²) in [5, 5.41) is 8.87. The number of likely N-dealkylation sites (tertiary alicyclic amines) is 1. The molecule has 2 aromatic carbocycles. The van der Waals surface area contributed by atoms with E-state index in [4.69, 9.17) is 10.00 Å². The van der Waals surface area contributed by atoms with E-state index in [1.807, 2.05) is 30.3 Å². The van der Waals surface area contributed by atoms with Gasteiger partial charge in [-0.05, 0) is 56.3 Å². The Morgan fingerprint density at radius 3 is 2.44 bits per heavy atom. The first kappa shape index (κ1) is 19.4. The fraction of sp³-hybridized carbons (Fsp3) is 0.350. The lowest BCUT2D eigenvalue weighted by Crippen LogP contribution is -2.37. The van der Waals surface area contributed by atoms with E-state index in [0.717, 1.165) is 37.2 Å². The van der Waals surface area contributed by atoms with E-state index < -0.39 is 10.0 Å². The molecule has 0 aliphatic carbocycles. The molecular formula is C20H23N3O3S. The monoisotopic (exact) mass is 385 g/mol. The van der Waals surface area contributed by atoms with Crippen molar-refractivity contribution < 1.29 is 13.2 Å². The number of nitriles is 1. The molecule has 1 aliphatic rings. The Morgan fingerprint density at radius 2 is 1.81 bits per heavy atom. The lowest BCUT2D eigenvalue weighted by atomic mass is 10.0. The maximum absolute atomic E-state index is 12.7. The summed E-state index contributed by atoms with van der Waals surface area (Å²) in [4.78, 5) is 2.45. The summed E-state index contributed by atoms with van der Waals surface area (Å²) in [6.07, 6.45) is 2.21. The van der Waals surface area contributed by atoms with Crippen LogP contribution in [0.25, 0.3) is 0 Å². The molecular weight excluding hydrogens is 362 g/mol. The molecule has 6 nitrogen and oxygen atoms in total. The third-order valence-electron chi connectivity index (χ3n) is 4.84. The number of sulfonamides is 1. The van der Waals surface area contributed by atoms with Gasteiger partial charge in [0, 0.05) is 12.1 Å². The first-order valence-corrected chi connectivity index (χ1v) is 10.4. The summed E-state index contributed by atoms with van der Waals surface area (Å²) in [5.41, 5.74) is 1.40. The van der Waals surface area contributed by atoms with Crippen molar-refractivity contribution >= 4 is 10.0 Å². The second-order valence-electron chi connectivity index (χ2n) is 6.49. The summed E-state index contributed by atoms with van der Waals surface area (Å²) >= 11 is 0. The van der Waals surface area contributed by atoms with Gasteiger partial charge in [-0.3, -0.25) is 4.90 Å². The number of nitrogens with zero attached hydrogens (tertiary/aromatic N) is 2. The largest absolute Gasteiger partial charge is 0.496 e. The summed E-state index contributed by atoms with van der Waals surface area (Å²) in [6, 6.07) is 15.5. The highest BCUT2D eigenvalue weighted by Gasteiger charge is 2.27. The molecule has 1 N–H and O–H groups in total. The van der Waals surface area contributed by atoms with E-state index in [1.54, 1.807) is 7.11 Å². The molecule has 7 heteroatoms. The second-order valence-corrected chi connectivity index (χ2v) is 8.26. The predicted octanol–water partition coefficient (Wildman–Crippen LogP) is 2.68. The van der Waals surface area contributed by atoms with E-state index >= 15 is 0 Å². The number of ether oxygens (including phenoxy) is 1. The molecule has 0 spiro atoms. The summed E-state index contributed by atoms with van der Waals surface area (Å²) in [6.45, 7) is 2.12. The van der Waals surface area contributed by atoms with E-state index in [9.17, 15) is 8.42 Å². The minimum absolute atomic E-state index is 0.100. The number of nitrogens with one attached hydrogen (secondary N) is 1. The molecule has 0 saturated carbocycles. The van der Waals surface area contributed by atoms with Gasteiger partial charge >= 0.3 is 0 Å². The molecule has 0 amide bonds. The van der Waals surface area contributed by atoms with Crippen LogP contribution in [0.2, 0.25) is 0 Å². The molecule has 2 aromatic rings. The fourth-order valence-electron chi connectivity index (χ4n) is 3.41. The number of hydrogen-bond donors (Lipinski definition) is 1. The molecule has 1 atom stereocenters. The second kappa shape index (κ2) is 8.53. The maximum atomic E-state index is 12.7. The zero-order chi connectivity index (χ0) is 19.3. The lowest BCUT2D eigenvalue weighted by Gasteiger charge is -2.29. The normalized spacial score (nSPS) is 16.0. The highest BCUT2D eigenvalue weighted by atomic mass is 32.2. The minimum atomic E-state index is -3.66. The van der Waals surface area contributed by atoms with Crippen molar-refractivity contribution in [2.75, 3.05) is 26.7 Å². The Balaban J connectivity index is 1.83. The van der Waals surface area contributed by atoms with E-state index in [-0.39, 0.29) is 17.5 Å². The molecule has 1 saturated heterocycles. The fourth-order valence-corrected chi connectivity index (χ4v) is 4.45. The van der Waals surface area contributed by atoms with Crippen molar-refractivity contribution in [3.63, 3.8) is 0 Å². The van der Waals surface area contributed by atoms with Gasteiger partial charge < -0.3 is 4.74 Å². The van der Waals surface area contributed by atoms with Crippen molar-refractivity contribution in [2.45, 2.75) is 23.8 Å². The standard InChI is InChI=1S/C20H23N3O3S/c1-26-20-7-3-2-6-18(20)19(23-12-4-5-13-23)15-22-27(24,25)17-10-8-16(14-21)9-11-17/h2-3,6-11,19,22H,4-5,12-13,15H2,1H3. The molecule has 27 heavy (non-hydrogen) atoms. The maximum Gasteiger partial charge on any atom is 0.240 e. The SMILES string of the molecule is COc1ccccc1C(CNS(=O)(=O)c1ccc(C#N)cc1)N1CCCC1. The van der Waals surface area contributed by atoms with Gasteiger partial charge in [-0.2, -0.15) is 5.26 Å². The Morgan fingerprint density at radius 1 is 1.15 bits per heavy atom. The molecule has 1 unspecified atom stereocenters. The zero-order valence-electron chi connectivity index (χ0n) is 15.3. The molecule has 0 aromatic heterocycles. The summed E-state index contributed by atoms with van der Waals surface area (Å²) in [5.74, 6) is 0.756. The van der Waals surface area contributed by atoms with Crippen LogP contribution in [0.3, 0.4) is 0 Å². The highest BCUT2D eigenvalue weighted by molar-refractivity contribution is 7.89. The van der Waals surface area contributed by atoms with Crippen LogP contribution < -0.4 is 9.46 Å². The van der Waals surface area contributed by atoms with Crippen LogP contribution in [0.15, 0.2) is 53.4 Å². The Bertz CT molecular complexity index is 914. The minimum Gasteiger partial charge on any atom is -0.496 e. The molecule has 3 rings (SSSR count). The topological polar surface area (TPSA) is 82.4 Å². The number of methoxy groups -OCH3 is 1. The number of hydrogen-bond acceptors (Lipinski definition) is 5. The van der Waals surface area contributed by atoms with Crippen molar-refractivity contribution in [2.24, 2.45) is 0 Å². The quantitative estimate of drug-likeness (QED) is 0.792. The molecule has 0 bridgehead atoms. The average Bonchev–Trinajstić information content (AvgIpc) is 3.23. The van der Waals surface area contributed by atoms with Crippen molar-refractivity contribution in [1.82, 2.24) is 9.62 Å². The summed E-state index contributed by atoms with van der Waals surface area (Å²) in [7, 11) is -2.04. The zero-order valence-corrected chi connectivity index (χ0v) is 16.1. The van der Waals surface area contributed by atoms with E-state index in [0.29, 0.717) is 5.56 Å². The Kier molecular flexibility index (Phi) is 6.11. The van der Waals surface area contributed by atoms with Crippen molar-refractivity contribution in [3.8, 4) is 11.8 Å². The van der Waals surface area contributed by atoms with Crippen LogP contribution in [0.5, 0.6) is 5.75 Å². The average molecular weight is 385 g/mol. The molecule has 1 fully saturated rings. The van der Waals surface area contributed by atoms with Gasteiger partial charge in [-0.15, -0.1) is 0 Å². The number of para-hydroxylation sites is 1.